The van der Waals surface area contributed by atoms with Crippen molar-refractivity contribution in [1.29, 1.82) is 0 Å². The van der Waals surface area contributed by atoms with Gasteiger partial charge in [0, 0.05) is 43.3 Å². The van der Waals surface area contributed by atoms with Crippen LogP contribution in [0.1, 0.15) is 0 Å². The lowest BCUT2D eigenvalue weighted by Gasteiger charge is -2.27. The first kappa shape index (κ1) is 32.1. The van der Waals surface area contributed by atoms with Crippen molar-refractivity contribution in [2.75, 3.05) is 4.90 Å². The Morgan fingerprint density at radius 2 is 1.05 bits per heavy atom. The van der Waals surface area contributed by atoms with E-state index in [0.717, 1.165) is 17.1 Å². The zero-order valence-corrected chi connectivity index (χ0v) is 31.7. The minimum Gasteiger partial charge on any atom is -0.309 e. The normalized spacial score (nSPS) is 11.9. The molecule has 0 amide bonds. The van der Waals surface area contributed by atoms with Crippen LogP contribution >= 0.6 is 11.3 Å². The quantitative estimate of drug-likeness (QED) is 0.170. The van der Waals surface area contributed by atoms with Crippen molar-refractivity contribution in [3.63, 3.8) is 0 Å². The average molecular weight is 743 g/mol. The fourth-order valence-electron chi connectivity index (χ4n) is 9.13. The maximum absolute atomic E-state index is 2.51. The molecule has 12 rings (SSSR count). The number of thiophene rings is 1. The van der Waals surface area contributed by atoms with Gasteiger partial charge in [-0.05, 0) is 110 Å². The van der Waals surface area contributed by atoms with Crippen LogP contribution in [0, 0.1) is 0 Å². The molecule has 10 aromatic carbocycles. The first-order valence-electron chi connectivity index (χ1n) is 19.5. The van der Waals surface area contributed by atoms with E-state index >= 15 is 0 Å². The molecular formula is C54H34N2S. The smallest absolute Gasteiger partial charge is 0.0640 e. The molecule has 0 unspecified atom stereocenters. The Morgan fingerprint density at radius 3 is 1.88 bits per heavy atom. The molecule has 0 N–H and O–H groups in total. The van der Waals surface area contributed by atoms with Gasteiger partial charge in [-0.3, -0.25) is 0 Å². The summed E-state index contributed by atoms with van der Waals surface area (Å²) in [4.78, 5) is 2.51. The van der Waals surface area contributed by atoms with Gasteiger partial charge in [-0.2, -0.15) is 0 Å². The molecule has 2 nitrogen and oxygen atoms in total. The number of benzene rings is 10. The van der Waals surface area contributed by atoms with Gasteiger partial charge in [-0.25, -0.2) is 0 Å². The van der Waals surface area contributed by atoms with Gasteiger partial charge in [0.05, 0.1) is 21.4 Å². The molecule has 0 bridgehead atoms. The fourth-order valence-corrected chi connectivity index (χ4v) is 10.4. The third-order valence-corrected chi connectivity index (χ3v) is 12.9. The van der Waals surface area contributed by atoms with Crippen LogP contribution < -0.4 is 4.90 Å². The van der Waals surface area contributed by atoms with Crippen LogP contribution in [-0.4, -0.2) is 4.57 Å². The lowest BCUT2D eigenvalue weighted by Crippen LogP contribution is -2.10. The van der Waals surface area contributed by atoms with Crippen LogP contribution in [0.15, 0.2) is 206 Å². The first-order chi connectivity index (χ1) is 28.3. The highest BCUT2D eigenvalue weighted by molar-refractivity contribution is 7.26. The molecule has 0 saturated carbocycles. The molecule has 0 saturated heterocycles. The van der Waals surface area contributed by atoms with Crippen LogP contribution in [-0.2, 0) is 0 Å². The lowest BCUT2D eigenvalue weighted by molar-refractivity contribution is 1.18. The van der Waals surface area contributed by atoms with Gasteiger partial charge < -0.3 is 9.47 Å². The molecule has 266 valence electrons. The number of para-hydroxylation sites is 1. The van der Waals surface area contributed by atoms with E-state index in [9.17, 15) is 0 Å². The first-order valence-corrected chi connectivity index (χ1v) is 20.3. The topological polar surface area (TPSA) is 8.17 Å². The maximum atomic E-state index is 2.51. The summed E-state index contributed by atoms with van der Waals surface area (Å²) in [5, 5.41) is 12.6. The van der Waals surface area contributed by atoms with Gasteiger partial charge in [0.15, 0.2) is 0 Å². The highest BCUT2D eigenvalue weighted by atomic mass is 32.1. The second-order valence-electron chi connectivity index (χ2n) is 14.9. The van der Waals surface area contributed by atoms with Gasteiger partial charge in [0.1, 0.15) is 0 Å². The van der Waals surface area contributed by atoms with Crippen LogP contribution in [0.25, 0.3) is 91.1 Å². The maximum Gasteiger partial charge on any atom is 0.0640 e. The Kier molecular flexibility index (Phi) is 7.13. The minimum absolute atomic E-state index is 1.12. The molecular weight excluding hydrogens is 709 g/mol. The van der Waals surface area contributed by atoms with Crippen LogP contribution in [0.5, 0.6) is 0 Å². The predicted octanol–water partition coefficient (Wildman–Crippen LogP) is 15.7. The van der Waals surface area contributed by atoms with E-state index in [0.29, 0.717) is 0 Å². The summed E-state index contributed by atoms with van der Waals surface area (Å²) in [6.45, 7) is 0. The molecule has 0 radical (unpaired) electrons. The third kappa shape index (κ3) is 5.03. The number of anilines is 3. The molecule has 0 aliphatic carbocycles. The summed E-state index contributed by atoms with van der Waals surface area (Å²) < 4.78 is 4.99. The molecule has 0 spiro atoms. The second-order valence-corrected chi connectivity index (χ2v) is 16.0. The number of rotatable bonds is 5. The largest absolute Gasteiger partial charge is 0.309 e. The minimum atomic E-state index is 1.12. The van der Waals surface area contributed by atoms with E-state index in [1.54, 1.807) is 0 Å². The number of hydrogen-bond donors (Lipinski definition) is 0. The average Bonchev–Trinajstić information content (AvgIpc) is 3.81. The summed E-state index contributed by atoms with van der Waals surface area (Å²) in [6.07, 6.45) is 0. The van der Waals surface area contributed by atoms with Gasteiger partial charge in [-0.15, -0.1) is 11.3 Å². The second kappa shape index (κ2) is 12.7. The molecule has 12 aromatic rings. The van der Waals surface area contributed by atoms with E-state index in [2.05, 4.69) is 216 Å². The zero-order valence-electron chi connectivity index (χ0n) is 30.9. The van der Waals surface area contributed by atoms with Crippen molar-refractivity contribution in [1.82, 2.24) is 4.57 Å². The predicted molar refractivity (Wildman–Crippen MR) is 246 cm³/mol. The van der Waals surface area contributed by atoms with Crippen LogP contribution in [0.2, 0.25) is 0 Å². The Bertz CT molecular complexity index is 3520. The highest BCUT2D eigenvalue weighted by Crippen LogP contribution is 2.48. The molecule has 3 heteroatoms. The number of hydrogen-bond acceptors (Lipinski definition) is 2. The Hall–Kier alpha value is -7.20. The zero-order chi connectivity index (χ0) is 37.5. The summed E-state index contributed by atoms with van der Waals surface area (Å²) in [5.74, 6) is 0. The molecule has 2 aromatic heterocycles. The Balaban J connectivity index is 1.19. The van der Waals surface area contributed by atoms with Crippen molar-refractivity contribution >= 4 is 103 Å². The number of nitrogens with zero attached hydrogens (tertiary/aromatic N) is 2. The number of fused-ring (bicyclic) bond motifs is 10. The molecule has 57 heavy (non-hydrogen) atoms. The van der Waals surface area contributed by atoms with Crippen molar-refractivity contribution in [3.8, 4) is 16.8 Å². The van der Waals surface area contributed by atoms with Gasteiger partial charge in [0.25, 0.3) is 0 Å². The third-order valence-electron chi connectivity index (χ3n) is 11.7. The van der Waals surface area contributed by atoms with Gasteiger partial charge >= 0.3 is 0 Å². The van der Waals surface area contributed by atoms with Crippen molar-refractivity contribution in [3.05, 3.63) is 206 Å². The standard InChI is InChI=1S/C54H34N2S/c1-3-14-35(15-4-1)46-34-42(30-39-19-10-11-22-43(39)46)55(51-25-13-24-45-47-31-37-17-7-8-18-38(37)32-52(47)57-54(45)51)41-27-29-49-48(33-41)53-44-23-12-9-16-36(44)26-28-50(53)56(49)40-20-5-2-6-21-40/h1-34H. The highest BCUT2D eigenvalue weighted by Gasteiger charge is 2.23. The summed E-state index contributed by atoms with van der Waals surface area (Å²) in [5.41, 5.74) is 9.38. The molecule has 0 aliphatic heterocycles. The van der Waals surface area contributed by atoms with Crippen molar-refractivity contribution in [2.45, 2.75) is 0 Å². The SMILES string of the molecule is c1ccc(-c2cc(N(c3ccc4c(c3)c3c5ccccc5ccc3n4-c3ccccc3)c3cccc4c3sc3cc5ccccc5cc34)cc3ccccc23)cc1. The monoisotopic (exact) mass is 742 g/mol. The van der Waals surface area contributed by atoms with E-state index in [1.807, 2.05) is 11.3 Å². The van der Waals surface area contributed by atoms with Crippen molar-refractivity contribution in [2.24, 2.45) is 0 Å². The molecule has 0 fully saturated rings. The van der Waals surface area contributed by atoms with E-state index in [1.165, 1.54) is 91.1 Å². The summed E-state index contributed by atoms with van der Waals surface area (Å²) in [7, 11) is 0. The summed E-state index contributed by atoms with van der Waals surface area (Å²) >= 11 is 1.89. The van der Waals surface area contributed by atoms with Crippen LogP contribution in [0.3, 0.4) is 0 Å². The molecule has 2 heterocycles. The van der Waals surface area contributed by atoms with E-state index < -0.39 is 0 Å². The molecule has 0 aliphatic rings. The Labute approximate surface area is 333 Å². The summed E-state index contributed by atoms with van der Waals surface area (Å²) in [6, 6.07) is 75.8. The van der Waals surface area contributed by atoms with Gasteiger partial charge in [0.2, 0.25) is 0 Å². The fraction of sp³-hybridized carbons (Fsp3) is 0. The van der Waals surface area contributed by atoms with Gasteiger partial charge in [-0.1, -0.05) is 140 Å². The van der Waals surface area contributed by atoms with E-state index in [-0.39, 0.29) is 0 Å². The molecule has 0 atom stereocenters. The number of aromatic nitrogens is 1. The van der Waals surface area contributed by atoms with E-state index in [4.69, 9.17) is 0 Å². The lowest BCUT2D eigenvalue weighted by atomic mass is 9.96. The van der Waals surface area contributed by atoms with Crippen LogP contribution in [0.4, 0.5) is 17.1 Å². The van der Waals surface area contributed by atoms with Crippen molar-refractivity contribution < 1.29 is 0 Å². The Morgan fingerprint density at radius 1 is 0.386 bits per heavy atom.